The predicted molar refractivity (Wildman–Crippen MR) is 61.0 cm³/mol. The van der Waals surface area contributed by atoms with Crippen molar-refractivity contribution in [3.63, 3.8) is 0 Å². The van der Waals surface area contributed by atoms with Gasteiger partial charge in [-0.2, -0.15) is 0 Å². The Morgan fingerprint density at radius 2 is 2.19 bits per heavy atom. The van der Waals surface area contributed by atoms with Crippen molar-refractivity contribution in [3.8, 4) is 0 Å². The fourth-order valence-electron chi connectivity index (χ4n) is 2.72. The molecule has 2 rings (SSSR count). The number of hydrogen-bond acceptors (Lipinski definition) is 4. The molecular weight excluding hydrogens is 206 g/mol. The lowest BCUT2D eigenvalue weighted by molar-refractivity contribution is -0.133. The Morgan fingerprint density at radius 1 is 1.50 bits per heavy atom. The third-order valence-electron chi connectivity index (χ3n) is 4.00. The molecule has 5 heteroatoms. The molecule has 2 atom stereocenters. The van der Waals surface area contributed by atoms with Gasteiger partial charge in [0.05, 0.1) is 6.61 Å². The van der Waals surface area contributed by atoms with Gasteiger partial charge in [-0.15, -0.1) is 0 Å². The molecular formula is C11H21N3O2. The minimum atomic E-state index is -0.543. The minimum Gasteiger partial charge on any atom is -0.381 e. The number of carbonyl (C=O) groups excluding carboxylic acids is 1. The van der Waals surface area contributed by atoms with E-state index in [1.54, 1.807) is 0 Å². The summed E-state index contributed by atoms with van der Waals surface area (Å²) in [5, 5.41) is 3.29. The Balaban J connectivity index is 2.15. The highest BCUT2D eigenvalue weighted by atomic mass is 16.5. The van der Waals surface area contributed by atoms with Crippen LogP contribution in [-0.2, 0) is 9.53 Å². The van der Waals surface area contributed by atoms with Crippen LogP contribution in [-0.4, -0.2) is 55.7 Å². The van der Waals surface area contributed by atoms with Crippen LogP contribution in [0.25, 0.3) is 0 Å². The van der Waals surface area contributed by atoms with Crippen molar-refractivity contribution < 1.29 is 9.53 Å². The van der Waals surface area contributed by atoms with Crippen molar-refractivity contribution in [2.75, 3.05) is 39.4 Å². The lowest BCUT2D eigenvalue weighted by Crippen LogP contribution is -2.64. The van der Waals surface area contributed by atoms with Crippen LogP contribution in [0.5, 0.6) is 0 Å². The summed E-state index contributed by atoms with van der Waals surface area (Å²) in [5.74, 6) is 0.0213. The predicted octanol–water partition coefficient (Wildman–Crippen LogP) is -0.828. The summed E-state index contributed by atoms with van der Waals surface area (Å²) in [7, 11) is 0. The van der Waals surface area contributed by atoms with Gasteiger partial charge in [-0.25, -0.2) is 0 Å². The van der Waals surface area contributed by atoms with Gasteiger partial charge in [-0.3, -0.25) is 9.69 Å². The molecule has 0 saturated carbocycles. The monoisotopic (exact) mass is 227 g/mol. The van der Waals surface area contributed by atoms with E-state index >= 15 is 0 Å². The SMILES string of the molecule is CC(C(N)=O)(C1CCOC1)N1CCNCC1. The molecule has 2 saturated heterocycles. The number of piperazine rings is 1. The number of hydrogen-bond donors (Lipinski definition) is 2. The van der Waals surface area contributed by atoms with E-state index in [9.17, 15) is 4.79 Å². The average Bonchev–Trinajstić information content (AvgIpc) is 2.82. The highest BCUT2D eigenvalue weighted by Crippen LogP contribution is 2.31. The molecule has 2 fully saturated rings. The number of carbonyl (C=O) groups is 1. The van der Waals surface area contributed by atoms with Gasteiger partial charge in [0.25, 0.3) is 0 Å². The third-order valence-corrected chi connectivity index (χ3v) is 4.00. The van der Waals surface area contributed by atoms with E-state index in [0.29, 0.717) is 6.61 Å². The summed E-state index contributed by atoms with van der Waals surface area (Å²) in [5.41, 5.74) is 5.08. The van der Waals surface area contributed by atoms with Crippen molar-refractivity contribution in [2.24, 2.45) is 11.7 Å². The number of nitrogens with zero attached hydrogens (tertiary/aromatic N) is 1. The van der Waals surface area contributed by atoms with E-state index in [1.165, 1.54) is 0 Å². The first kappa shape index (κ1) is 11.8. The molecule has 0 spiro atoms. The number of ether oxygens (including phenoxy) is 1. The fourth-order valence-corrected chi connectivity index (χ4v) is 2.72. The molecule has 0 aromatic carbocycles. The maximum Gasteiger partial charge on any atom is 0.238 e. The first-order valence-corrected chi connectivity index (χ1v) is 5.99. The van der Waals surface area contributed by atoms with Crippen LogP contribution >= 0.6 is 0 Å². The van der Waals surface area contributed by atoms with Crippen LogP contribution < -0.4 is 11.1 Å². The quantitative estimate of drug-likeness (QED) is 0.660. The maximum atomic E-state index is 11.8. The van der Waals surface area contributed by atoms with Crippen molar-refractivity contribution in [1.29, 1.82) is 0 Å². The van der Waals surface area contributed by atoms with Gasteiger partial charge in [0.15, 0.2) is 0 Å². The molecule has 2 heterocycles. The molecule has 0 bridgehead atoms. The summed E-state index contributed by atoms with van der Waals surface area (Å²) in [4.78, 5) is 14.0. The van der Waals surface area contributed by atoms with E-state index in [0.717, 1.165) is 39.2 Å². The Labute approximate surface area is 96.3 Å². The molecule has 1 amide bonds. The second kappa shape index (κ2) is 4.69. The Morgan fingerprint density at radius 3 is 2.69 bits per heavy atom. The zero-order valence-electron chi connectivity index (χ0n) is 9.87. The second-order valence-electron chi connectivity index (χ2n) is 4.81. The standard InChI is InChI=1S/C11H21N3O2/c1-11(10(12)15,9-2-7-16-8-9)14-5-3-13-4-6-14/h9,13H,2-8H2,1H3,(H2,12,15). The van der Waals surface area contributed by atoms with Crippen LogP contribution in [0.4, 0.5) is 0 Å². The number of primary amides is 1. The highest BCUT2D eigenvalue weighted by Gasteiger charge is 2.46. The summed E-state index contributed by atoms with van der Waals surface area (Å²) >= 11 is 0. The Kier molecular flexibility index (Phi) is 3.47. The molecule has 2 unspecified atom stereocenters. The molecule has 5 nitrogen and oxygen atoms in total. The molecule has 16 heavy (non-hydrogen) atoms. The molecule has 0 aliphatic carbocycles. The van der Waals surface area contributed by atoms with E-state index in [2.05, 4.69) is 10.2 Å². The zero-order chi connectivity index (χ0) is 11.6. The van der Waals surface area contributed by atoms with Gasteiger partial charge in [0.1, 0.15) is 5.54 Å². The zero-order valence-corrected chi connectivity index (χ0v) is 9.87. The molecule has 0 radical (unpaired) electrons. The van der Waals surface area contributed by atoms with Crippen LogP contribution in [0.3, 0.4) is 0 Å². The highest BCUT2D eigenvalue weighted by molar-refractivity contribution is 5.84. The number of amides is 1. The van der Waals surface area contributed by atoms with Gasteiger partial charge in [-0.1, -0.05) is 0 Å². The molecule has 0 aromatic heterocycles. The third kappa shape index (κ3) is 1.95. The first-order valence-electron chi connectivity index (χ1n) is 5.99. The number of nitrogens with two attached hydrogens (primary N) is 1. The summed E-state index contributed by atoms with van der Waals surface area (Å²) in [6.45, 7) is 7.00. The molecule has 2 aliphatic heterocycles. The topological polar surface area (TPSA) is 67.6 Å². The van der Waals surface area contributed by atoms with Crippen LogP contribution in [0.15, 0.2) is 0 Å². The largest absolute Gasteiger partial charge is 0.381 e. The summed E-state index contributed by atoms with van der Waals surface area (Å²) in [6.07, 6.45) is 0.934. The Hall–Kier alpha value is -0.650. The number of nitrogens with one attached hydrogen (secondary N) is 1. The van der Waals surface area contributed by atoms with Crippen LogP contribution in [0.1, 0.15) is 13.3 Å². The van der Waals surface area contributed by atoms with Gasteiger partial charge in [0.2, 0.25) is 5.91 Å². The summed E-state index contributed by atoms with van der Waals surface area (Å²) < 4.78 is 5.39. The van der Waals surface area contributed by atoms with Crippen LogP contribution in [0, 0.1) is 5.92 Å². The smallest absolute Gasteiger partial charge is 0.238 e. The van der Waals surface area contributed by atoms with E-state index in [4.69, 9.17) is 10.5 Å². The van der Waals surface area contributed by atoms with Crippen LogP contribution in [0.2, 0.25) is 0 Å². The van der Waals surface area contributed by atoms with Crippen molar-refractivity contribution in [2.45, 2.75) is 18.9 Å². The number of rotatable bonds is 3. The van der Waals surface area contributed by atoms with E-state index in [-0.39, 0.29) is 11.8 Å². The van der Waals surface area contributed by atoms with Gasteiger partial charge < -0.3 is 15.8 Å². The lowest BCUT2D eigenvalue weighted by atomic mass is 9.82. The first-order chi connectivity index (χ1) is 7.65. The Bertz CT molecular complexity index is 260. The van der Waals surface area contributed by atoms with Gasteiger partial charge in [-0.05, 0) is 13.3 Å². The second-order valence-corrected chi connectivity index (χ2v) is 4.81. The molecule has 0 aromatic rings. The van der Waals surface area contributed by atoms with Gasteiger partial charge >= 0.3 is 0 Å². The molecule has 3 N–H and O–H groups in total. The summed E-state index contributed by atoms with van der Waals surface area (Å²) in [6, 6.07) is 0. The fraction of sp³-hybridized carbons (Fsp3) is 0.909. The minimum absolute atomic E-state index is 0.218. The normalized spacial score (nSPS) is 31.2. The van der Waals surface area contributed by atoms with Crippen molar-refractivity contribution in [1.82, 2.24) is 10.2 Å². The molecule has 2 aliphatic rings. The average molecular weight is 227 g/mol. The lowest BCUT2D eigenvalue weighted by Gasteiger charge is -2.44. The van der Waals surface area contributed by atoms with Crippen molar-refractivity contribution >= 4 is 5.91 Å². The van der Waals surface area contributed by atoms with E-state index < -0.39 is 5.54 Å². The van der Waals surface area contributed by atoms with E-state index in [1.807, 2.05) is 6.92 Å². The maximum absolute atomic E-state index is 11.8. The van der Waals surface area contributed by atoms with Gasteiger partial charge in [0, 0.05) is 38.7 Å². The molecule has 92 valence electrons. The van der Waals surface area contributed by atoms with Crippen molar-refractivity contribution in [3.05, 3.63) is 0 Å².